The highest BCUT2D eigenvalue weighted by atomic mass is 19.4. The van der Waals surface area contributed by atoms with Crippen LogP contribution in [0.15, 0.2) is 49.2 Å². The maximum Gasteiger partial charge on any atom is 0.490 e. The molecule has 4 rings (SSSR count). The van der Waals surface area contributed by atoms with E-state index < -0.39 is 12.1 Å². The van der Waals surface area contributed by atoms with Crippen LogP contribution in [0.2, 0.25) is 0 Å². The summed E-state index contributed by atoms with van der Waals surface area (Å²) in [7, 11) is 2.11. The lowest BCUT2D eigenvalue weighted by atomic mass is 10.2. The van der Waals surface area contributed by atoms with Gasteiger partial charge in [0.1, 0.15) is 5.82 Å². The quantitative estimate of drug-likeness (QED) is 0.575. The van der Waals surface area contributed by atoms with E-state index in [0.717, 1.165) is 32.0 Å². The molecule has 14 heteroatoms. The molecule has 11 nitrogen and oxygen atoms in total. The first-order valence-electron chi connectivity index (χ1n) is 9.96. The minimum atomic E-state index is -5.08. The van der Waals surface area contributed by atoms with Crippen molar-refractivity contribution in [2.75, 3.05) is 43.4 Å². The Morgan fingerprint density at radius 2 is 1.79 bits per heavy atom. The molecule has 3 aromatic rings. The number of nitrogens with one attached hydrogen (secondary N) is 1. The van der Waals surface area contributed by atoms with Gasteiger partial charge in [0.2, 0.25) is 0 Å². The number of carbonyl (C=O) groups is 2. The molecule has 1 saturated heterocycles. The highest BCUT2D eigenvalue weighted by Crippen LogP contribution is 2.19. The number of carboxylic acid groups (broad SMARTS) is 1. The van der Waals surface area contributed by atoms with E-state index in [1.165, 1.54) is 6.20 Å². The molecule has 1 aliphatic rings. The van der Waals surface area contributed by atoms with Gasteiger partial charge < -0.3 is 20.2 Å². The van der Waals surface area contributed by atoms with Crippen LogP contribution in [0.25, 0.3) is 5.69 Å². The van der Waals surface area contributed by atoms with E-state index in [9.17, 15) is 18.0 Å². The fraction of sp³-hybridized carbons (Fsp3) is 0.300. The molecule has 2 N–H and O–H groups in total. The third kappa shape index (κ3) is 6.71. The Bertz CT molecular complexity index is 1120. The fourth-order valence-electron chi connectivity index (χ4n) is 2.93. The summed E-state index contributed by atoms with van der Waals surface area (Å²) in [5.41, 5.74) is 1.82. The zero-order valence-electron chi connectivity index (χ0n) is 18.0. The van der Waals surface area contributed by atoms with Crippen molar-refractivity contribution < 1.29 is 27.9 Å². The molecular weight excluding hydrogens is 457 g/mol. The van der Waals surface area contributed by atoms with E-state index in [0.29, 0.717) is 16.9 Å². The molecule has 3 aromatic heterocycles. The molecule has 0 spiro atoms. The monoisotopic (exact) mass is 478 g/mol. The molecule has 0 aromatic carbocycles. The molecule has 1 aliphatic heterocycles. The molecule has 0 aliphatic carbocycles. The van der Waals surface area contributed by atoms with Crippen molar-refractivity contribution in [2.24, 2.45) is 0 Å². The molecular formula is C20H21F3N8O3. The number of hydrogen-bond donors (Lipinski definition) is 2. The number of likely N-dealkylation sites (N-methyl/N-ethyl adjacent to an activating group) is 1. The average Bonchev–Trinajstić information content (AvgIpc) is 3.35. The van der Waals surface area contributed by atoms with Gasteiger partial charge >= 0.3 is 12.1 Å². The SMILES string of the molecule is CN1CCN(c2cc(NC(=O)c3cncc(-n4ccnn4)c3)ccn2)CC1.O=C(O)C(F)(F)F. The first-order valence-corrected chi connectivity index (χ1v) is 9.96. The molecule has 0 saturated carbocycles. The molecule has 1 amide bonds. The number of pyridine rings is 2. The standard InChI is InChI=1S/C18H20N8O.C2HF3O2/c1-24-6-8-25(9-7-24)17-11-15(2-3-20-17)22-18(27)14-10-16(13-19-12-14)26-5-4-21-23-26;3-2(4,5)1(6)7/h2-5,10-13H,6-9H2,1H3,(H,20,22,27);(H,6,7). The van der Waals surface area contributed by atoms with Crippen LogP contribution >= 0.6 is 0 Å². The van der Waals surface area contributed by atoms with Crippen LogP contribution in [-0.4, -0.2) is 86.2 Å². The number of piperazine rings is 1. The highest BCUT2D eigenvalue weighted by Gasteiger charge is 2.38. The van der Waals surface area contributed by atoms with Gasteiger partial charge in [-0.05, 0) is 19.2 Å². The van der Waals surface area contributed by atoms with E-state index in [1.807, 2.05) is 6.07 Å². The lowest BCUT2D eigenvalue weighted by Crippen LogP contribution is -2.44. The maximum absolute atomic E-state index is 12.6. The molecule has 4 heterocycles. The topological polar surface area (TPSA) is 129 Å². The molecule has 0 radical (unpaired) electrons. The summed E-state index contributed by atoms with van der Waals surface area (Å²) in [5, 5.41) is 17.7. The minimum Gasteiger partial charge on any atom is -0.475 e. The Labute approximate surface area is 191 Å². The zero-order chi connectivity index (χ0) is 24.7. The van der Waals surface area contributed by atoms with Crippen molar-refractivity contribution in [2.45, 2.75) is 6.18 Å². The third-order valence-electron chi connectivity index (χ3n) is 4.75. The van der Waals surface area contributed by atoms with Crippen LogP contribution in [0, 0.1) is 0 Å². The van der Waals surface area contributed by atoms with Gasteiger partial charge in [0.15, 0.2) is 0 Å². The lowest BCUT2D eigenvalue weighted by molar-refractivity contribution is -0.192. The number of carboxylic acids is 1. The summed E-state index contributed by atoms with van der Waals surface area (Å²) in [6.07, 6.45) is 3.06. The minimum absolute atomic E-state index is 0.236. The number of carbonyl (C=O) groups excluding carboxylic acids is 1. The molecule has 0 atom stereocenters. The molecule has 1 fully saturated rings. The molecule has 34 heavy (non-hydrogen) atoms. The van der Waals surface area contributed by atoms with Crippen LogP contribution in [0.4, 0.5) is 24.7 Å². The predicted molar refractivity (Wildman–Crippen MR) is 115 cm³/mol. The normalized spacial score (nSPS) is 14.2. The van der Waals surface area contributed by atoms with E-state index >= 15 is 0 Å². The second-order valence-electron chi connectivity index (χ2n) is 7.23. The number of nitrogens with zero attached hydrogens (tertiary/aromatic N) is 7. The summed E-state index contributed by atoms with van der Waals surface area (Å²) >= 11 is 0. The number of rotatable bonds is 4. The van der Waals surface area contributed by atoms with Gasteiger partial charge in [-0.15, -0.1) is 5.10 Å². The van der Waals surface area contributed by atoms with Crippen LogP contribution < -0.4 is 10.2 Å². The molecule has 0 bridgehead atoms. The van der Waals surface area contributed by atoms with Gasteiger partial charge in [-0.25, -0.2) is 14.5 Å². The number of anilines is 2. The maximum atomic E-state index is 12.6. The Hall–Kier alpha value is -4.07. The van der Waals surface area contributed by atoms with Gasteiger partial charge in [0.05, 0.1) is 29.8 Å². The van der Waals surface area contributed by atoms with Crippen LogP contribution in [0.3, 0.4) is 0 Å². The zero-order valence-corrected chi connectivity index (χ0v) is 18.0. The number of aliphatic carboxylic acids is 1. The first kappa shape index (κ1) is 24.6. The third-order valence-corrected chi connectivity index (χ3v) is 4.75. The lowest BCUT2D eigenvalue weighted by Gasteiger charge is -2.33. The summed E-state index contributed by atoms with van der Waals surface area (Å²) in [6.45, 7) is 3.84. The number of hydrogen-bond acceptors (Lipinski definition) is 8. The van der Waals surface area contributed by atoms with Gasteiger partial charge in [-0.2, -0.15) is 13.2 Å². The summed E-state index contributed by atoms with van der Waals surface area (Å²) in [5.74, 6) is -2.12. The van der Waals surface area contributed by atoms with E-state index in [-0.39, 0.29) is 5.91 Å². The average molecular weight is 478 g/mol. The van der Waals surface area contributed by atoms with Crippen LogP contribution in [0.1, 0.15) is 10.4 Å². The second kappa shape index (κ2) is 10.7. The van der Waals surface area contributed by atoms with Crippen LogP contribution in [-0.2, 0) is 4.79 Å². The molecule has 180 valence electrons. The van der Waals surface area contributed by atoms with Crippen LogP contribution in [0.5, 0.6) is 0 Å². The van der Waals surface area contributed by atoms with Crippen molar-refractivity contribution in [3.63, 3.8) is 0 Å². The highest BCUT2D eigenvalue weighted by molar-refractivity contribution is 6.04. The van der Waals surface area contributed by atoms with Crippen molar-refractivity contribution in [1.82, 2.24) is 29.9 Å². The number of alkyl halides is 3. The van der Waals surface area contributed by atoms with Gasteiger partial charge in [-0.1, -0.05) is 5.21 Å². The number of halogens is 3. The number of amides is 1. The second-order valence-corrected chi connectivity index (χ2v) is 7.23. The number of aromatic nitrogens is 5. The van der Waals surface area contributed by atoms with E-state index in [1.54, 1.807) is 41.6 Å². The van der Waals surface area contributed by atoms with Crippen molar-refractivity contribution >= 4 is 23.4 Å². The Morgan fingerprint density at radius 3 is 2.41 bits per heavy atom. The van der Waals surface area contributed by atoms with E-state index in [2.05, 4.69) is 42.4 Å². The smallest absolute Gasteiger partial charge is 0.475 e. The summed E-state index contributed by atoms with van der Waals surface area (Å²) in [6, 6.07) is 5.41. The van der Waals surface area contributed by atoms with Crippen molar-refractivity contribution in [3.05, 3.63) is 54.7 Å². The predicted octanol–water partition coefficient (Wildman–Crippen LogP) is 1.69. The molecule has 0 unspecified atom stereocenters. The Balaban J connectivity index is 0.000000406. The van der Waals surface area contributed by atoms with Gasteiger partial charge in [-0.3, -0.25) is 9.78 Å². The van der Waals surface area contributed by atoms with Gasteiger partial charge in [0.25, 0.3) is 5.91 Å². The summed E-state index contributed by atoms with van der Waals surface area (Å²) in [4.78, 5) is 34.6. The van der Waals surface area contributed by atoms with Crippen molar-refractivity contribution in [1.29, 1.82) is 0 Å². The Kier molecular flexibility index (Phi) is 7.73. The summed E-state index contributed by atoms with van der Waals surface area (Å²) < 4.78 is 33.3. The largest absolute Gasteiger partial charge is 0.490 e. The van der Waals surface area contributed by atoms with E-state index in [4.69, 9.17) is 9.90 Å². The Morgan fingerprint density at radius 1 is 1.09 bits per heavy atom. The van der Waals surface area contributed by atoms with Crippen molar-refractivity contribution in [3.8, 4) is 5.69 Å². The van der Waals surface area contributed by atoms with Gasteiger partial charge in [0, 0.05) is 50.3 Å². The fourth-order valence-corrected chi connectivity index (χ4v) is 2.93. The first-order chi connectivity index (χ1) is 16.1.